The summed E-state index contributed by atoms with van der Waals surface area (Å²) in [6.45, 7) is 0.527. The smallest absolute Gasteiger partial charge is 0.234 e. The van der Waals surface area contributed by atoms with Gasteiger partial charge < -0.3 is 10.1 Å². The molecule has 0 fully saturated rings. The molecule has 0 radical (unpaired) electrons. The lowest BCUT2D eigenvalue weighted by Crippen LogP contribution is -2.24. The van der Waals surface area contributed by atoms with Gasteiger partial charge in [0, 0.05) is 6.54 Å². The number of hydrogen-bond donors (Lipinski definition) is 1. The van der Waals surface area contributed by atoms with Gasteiger partial charge in [0.1, 0.15) is 12.2 Å². The SMILES string of the molecule is COc1ccc(CCNC(=O)CC#N)cc1Br. The normalized spacial score (nSPS) is 9.47. The molecule has 90 valence electrons. The third kappa shape index (κ3) is 4.45. The van der Waals surface area contributed by atoms with E-state index in [2.05, 4.69) is 21.2 Å². The Morgan fingerprint density at radius 3 is 2.94 bits per heavy atom. The van der Waals surface area contributed by atoms with E-state index in [1.54, 1.807) is 13.2 Å². The van der Waals surface area contributed by atoms with Gasteiger partial charge in [0.25, 0.3) is 0 Å². The average Bonchev–Trinajstić information content (AvgIpc) is 2.29. The van der Waals surface area contributed by atoms with Crippen molar-refractivity contribution < 1.29 is 9.53 Å². The van der Waals surface area contributed by atoms with Gasteiger partial charge in [0.2, 0.25) is 5.91 Å². The van der Waals surface area contributed by atoms with Gasteiger partial charge in [-0.1, -0.05) is 6.07 Å². The van der Waals surface area contributed by atoms with E-state index >= 15 is 0 Å². The molecule has 17 heavy (non-hydrogen) atoms. The number of benzene rings is 1. The first kappa shape index (κ1) is 13.5. The molecule has 0 spiro atoms. The zero-order valence-electron chi connectivity index (χ0n) is 9.50. The minimum absolute atomic E-state index is 0.0910. The molecule has 0 saturated heterocycles. The van der Waals surface area contributed by atoms with Crippen LogP contribution in [0.4, 0.5) is 0 Å². The zero-order valence-corrected chi connectivity index (χ0v) is 11.1. The van der Waals surface area contributed by atoms with Gasteiger partial charge in [-0.05, 0) is 40.0 Å². The maximum absolute atomic E-state index is 11.0. The topological polar surface area (TPSA) is 62.1 Å². The summed E-state index contributed by atoms with van der Waals surface area (Å²) in [4.78, 5) is 11.0. The zero-order chi connectivity index (χ0) is 12.7. The summed E-state index contributed by atoms with van der Waals surface area (Å²) >= 11 is 3.40. The van der Waals surface area contributed by atoms with Crippen molar-refractivity contribution in [3.05, 3.63) is 28.2 Å². The van der Waals surface area contributed by atoms with Crippen LogP contribution in [0.25, 0.3) is 0 Å². The van der Waals surface area contributed by atoms with Gasteiger partial charge in [-0.3, -0.25) is 4.79 Å². The molecule has 1 aromatic carbocycles. The first-order valence-corrected chi connectivity index (χ1v) is 5.92. The second-order valence-electron chi connectivity index (χ2n) is 3.40. The summed E-state index contributed by atoms with van der Waals surface area (Å²) in [5, 5.41) is 11.0. The Morgan fingerprint density at radius 2 is 2.35 bits per heavy atom. The van der Waals surface area contributed by atoms with E-state index in [0.29, 0.717) is 6.54 Å². The maximum atomic E-state index is 11.0. The molecule has 1 amide bonds. The Kier molecular flexibility index (Phi) is 5.50. The number of nitrogens with zero attached hydrogens (tertiary/aromatic N) is 1. The molecule has 0 atom stereocenters. The molecule has 0 aliphatic heterocycles. The maximum Gasteiger partial charge on any atom is 0.234 e. The number of ether oxygens (including phenoxy) is 1. The van der Waals surface area contributed by atoms with Crippen LogP contribution in [0.15, 0.2) is 22.7 Å². The highest BCUT2D eigenvalue weighted by molar-refractivity contribution is 9.10. The fraction of sp³-hybridized carbons (Fsp3) is 0.333. The van der Waals surface area contributed by atoms with Crippen molar-refractivity contribution in [3.63, 3.8) is 0 Å². The second-order valence-corrected chi connectivity index (χ2v) is 4.26. The lowest BCUT2D eigenvalue weighted by Gasteiger charge is -2.06. The molecule has 0 aromatic heterocycles. The van der Waals surface area contributed by atoms with Crippen molar-refractivity contribution in [1.29, 1.82) is 5.26 Å². The minimum Gasteiger partial charge on any atom is -0.496 e. The number of carbonyl (C=O) groups is 1. The van der Waals surface area contributed by atoms with Crippen LogP contribution < -0.4 is 10.1 Å². The van der Waals surface area contributed by atoms with Crippen molar-refractivity contribution in [1.82, 2.24) is 5.32 Å². The molecule has 5 heteroatoms. The van der Waals surface area contributed by atoms with E-state index in [1.165, 1.54) is 0 Å². The first-order chi connectivity index (χ1) is 8.17. The third-order valence-electron chi connectivity index (χ3n) is 2.19. The Balaban J connectivity index is 2.45. The molecule has 0 heterocycles. The number of methoxy groups -OCH3 is 1. The molecule has 0 aliphatic rings. The lowest BCUT2D eigenvalue weighted by molar-refractivity contribution is -0.120. The summed E-state index contributed by atoms with van der Waals surface area (Å²) in [5.41, 5.74) is 1.09. The molecule has 0 aliphatic carbocycles. The van der Waals surface area contributed by atoms with Crippen LogP contribution in [0.2, 0.25) is 0 Å². The predicted molar refractivity (Wildman–Crippen MR) is 67.6 cm³/mol. The van der Waals surface area contributed by atoms with Gasteiger partial charge in [0.15, 0.2) is 0 Å². The summed E-state index contributed by atoms with van der Waals surface area (Å²) in [7, 11) is 1.61. The molecule has 1 rings (SSSR count). The first-order valence-electron chi connectivity index (χ1n) is 5.13. The standard InChI is InChI=1S/C12H13BrN2O2/c1-17-11-3-2-9(8-10(11)13)5-7-15-12(16)4-6-14/h2-3,8H,4-5,7H2,1H3,(H,15,16). The van der Waals surface area contributed by atoms with E-state index in [-0.39, 0.29) is 12.3 Å². The molecule has 1 aromatic rings. The summed E-state index contributed by atoms with van der Waals surface area (Å²) < 4.78 is 6.01. The van der Waals surface area contributed by atoms with Crippen molar-refractivity contribution in [3.8, 4) is 11.8 Å². The quantitative estimate of drug-likeness (QED) is 0.904. The van der Waals surface area contributed by atoms with Crippen molar-refractivity contribution >= 4 is 21.8 Å². The molecular weight excluding hydrogens is 284 g/mol. The number of rotatable bonds is 5. The second kappa shape index (κ2) is 6.92. The summed E-state index contributed by atoms with van der Waals surface area (Å²) in [5.74, 6) is 0.544. The van der Waals surface area contributed by atoms with E-state index in [1.807, 2.05) is 18.2 Å². The van der Waals surface area contributed by atoms with Crippen LogP contribution in [0, 0.1) is 11.3 Å². The number of nitrogens with one attached hydrogen (secondary N) is 1. The fourth-order valence-electron chi connectivity index (χ4n) is 1.35. The van der Waals surface area contributed by atoms with Gasteiger partial charge in [-0.25, -0.2) is 0 Å². The van der Waals surface area contributed by atoms with Gasteiger partial charge >= 0.3 is 0 Å². The largest absolute Gasteiger partial charge is 0.496 e. The van der Waals surface area contributed by atoms with Gasteiger partial charge in [0.05, 0.1) is 17.7 Å². The highest BCUT2D eigenvalue weighted by atomic mass is 79.9. The predicted octanol–water partition coefficient (Wildman–Crippen LogP) is 2.03. The Bertz CT molecular complexity index is 441. The number of amides is 1. The Hall–Kier alpha value is -1.54. The number of nitriles is 1. The highest BCUT2D eigenvalue weighted by Gasteiger charge is 2.02. The van der Waals surface area contributed by atoms with E-state index in [4.69, 9.17) is 10.00 Å². The Labute approximate surface area is 109 Å². The molecule has 1 N–H and O–H groups in total. The van der Waals surface area contributed by atoms with E-state index < -0.39 is 0 Å². The lowest BCUT2D eigenvalue weighted by atomic mass is 10.1. The molecule has 0 saturated carbocycles. The fourth-order valence-corrected chi connectivity index (χ4v) is 1.93. The van der Waals surface area contributed by atoms with Crippen LogP contribution in [0.1, 0.15) is 12.0 Å². The van der Waals surface area contributed by atoms with Crippen LogP contribution >= 0.6 is 15.9 Å². The van der Waals surface area contributed by atoms with Crippen molar-refractivity contribution in [2.45, 2.75) is 12.8 Å². The molecular formula is C12H13BrN2O2. The summed E-state index contributed by atoms with van der Waals surface area (Å²) in [6.07, 6.45) is 0.631. The van der Waals surface area contributed by atoms with E-state index in [0.717, 1.165) is 22.2 Å². The van der Waals surface area contributed by atoms with Crippen LogP contribution in [0.5, 0.6) is 5.75 Å². The third-order valence-corrected chi connectivity index (χ3v) is 2.81. The van der Waals surface area contributed by atoms with Crippen LogP contribution in [-0.2, 0) is 11.2 Å². The van der Waals surface area contributed by atoms with Crippen LogP contribution in [0.3, 0.4) is 0 Å². The number of carbonyl (C=O) groups excluding carboxylic acids is 1. The van der Waals surface area contributed by atoms with Gasteiger partial charge in [-0.2, -0.15) is 5.26 Å². The van der Waals surface area contributed by atoms with E-state index in [9.17, 15) is 4.79 Å². The Morgan fingerprint density at radius 1 is 1.59 bits per heavy atom. The number of halogens is 1. The number of hydrogen-bond acceptors (Lipinski definition) is 3. The summed E-state index contributed by atoms with van der Waals surface area (Å²) in [6, 6.07) is 7.57. The van der Waals surface area contributed by atoms with Crippen molar-refractivity contribution in [2.24, 2.45) is 0 Å². The monoisotopic (exact) mass is 296 g/mol. The molecule has 4 nitrogen and oxygen atoms in total. The average molecular weight is 297 g/mol. The highest BCUT2D eigenvalue weighted by Crippen LogP contribution is 2.25. The molecule has 0 unspecified atom stereocenters. The van der Waals surface area contributed by atoms with Crippen molar-refractivity contribution in [2.75, 3.05) is 13.7 Å². The molecule has 0 bridgehead atoms. The van der Waals surface area contributed by atoms with Crippen LogP contribution in [-0.4, -0.2) is 19.6 Å². The van der Waals surface area contributed by atoms with Gasteiger partial charge in [-0.15, -0.1) is 0 Å². The minimum atomic E-state index is -0.236.